The van der Waals surface area contributed by atoms with E-state index in [0.29, 0.717) is 12.5 Å². The monoisotopic (exact) mass is 296 g/mol. The van der Waals surface area contributed by atoms with Gasteiger partial charge in [-0.2, -0.15) is 5.10 Å². The Bertz CT molecular complexity index is 449. The van der Waals surface area contributed by atoms with Gasteiger partial charge in [-0.25, -0.2) is 4.79 Å². The van der Waals surface area contributed by atoms with Gasteiger partial charge in [0.05, 0.1) is 6.20 Å². The molecule has 0 bridgehead atoms. The molecule has 0 spiro atoms. The van der Waals surface area contributed by atoms with Gasteiger partial charge in [0.2, 0.25) is 0 Å². The normalized spacial score (nSPS) is 13.3. The molecule has 0 aromatic carbocycles. The lowest BCUT2D eigenvalue weighted by atomic mass is 10.0. The molecule has 6 nitrogen and oxygen atoms in total. The molecule has 1 heterocycles. The van der Waals surface area contributed by atoms with Crippen molar-refractivity contribution in [2.75, 3.05) is 6.54 Å². The largest absolute Gasteiger partial charge is 0.444 e. The number of H-pyrrole nitrogens is 1. The van der Waals surface area contributed by atoms with Gasteiger partial charge < -0.3 is 15.4 Å². The van der Waals surface area contributed by atoms with Crippen molar-refractivity contribution < 1.29 is 9.53 Å². The molecule has 0 aliphatic carbocycles. The van der Waals surface area contributed by atoms with E-state index in [1.165, 1.54) is 0 Å². The van der Waals surface area contributed by atoms with Crippen molar-refractivity contribution in [3.05, 3.63) is 17.5 Å². The average molecular weight is 296 g/mol. The third-order valence-electron chi connectivity index (χ3n) is 3.16. The molecule has 6 heteroatoms. The molecule has 0 fully saturated rings. The highest BCUT2D eigenvalue weighted by Crippen LogP contribution is 2.08. The number of ether oxygens (including phenoxy) is 1. The Morgan fingerprint density at radius 1 is 1.43 bits per heavy atom. The number of aromatic nitrogens is 2. The standard InChI is InChI=1S/C15H28N4O2/c1-10(2)13(9-17-14(20)21-15(4,5)6)16-7-12-8-18-19-11(12)3/h8,10,13,16H,7,9H2,1-6H3,(H,17,20)(H,18,19). The van der Waals surface area contributed by atoms with Crippen LogP contribution in [0.1, 0.15) is 45.9 Å². The van der Waals surface area contributed by atoms with Gasteiger partial charge in [0.25, 0.3) is 0 Å². The summed E-state index contributed by atoms with van der Waals surface area (Å²) < 4.78 is 5.24. The zero-order chi connectivity index (χ0) is 16.0. The Morgan fingerprint density at radius 2 is 2.10 bits per heavy atom. The molecule has 120 valence electrons. The van der Waals surface area contributed by atoms with Gasteiger partial charge in [-0.05, 0) is 33.6 Å². The minimum atomic E-state index is -0.473. The number of hydrogen-bond acceptors (Lipinski definition) is 4. The van der Waals surface area contributed by atoms with Gasteiger partial charge in [-0.1, -0.05) is 13.8 Å². The van der Waals surface area contributed by atoms with Crippen LogP contribution in [0.5, 0.6) is 0 Å². The molecule has 0 saturated heterocycles. The fourth-order valence-corrected chi connectivity index (χ4v) is 1.85. The second kappa shape index (κ2) is 7.45. The zero-order valence-corrected chi connectivity index (χ0v) is 13.9. The lowest BCUT2D eigenvalue weighted by Gasteiger charge is -2.24. The van der Waals surface area contributed by atoms with E-state index < -0.39 is 5.60 Å². The van der Waals surface area contributed by atoms with E-state index in [1.807, 2.05) is 33.9 Å². The summed E-state index contributed by atoms with van der Waals surface area (Å²) in [6.07, 6.45) is 1.44. The highest BCUT2D eigenvalue weighted by atomic mass is 16.6. The molecule has 1 amide bonds. The van der Waals surface area contributed by atoms with Crippen LogP contribution >= 0.6 is 0 Å². The summed E-state index contributed by atoms with van der Waals surface area (Å²) in [6, 6.07) is 0.173. The van der Waals surface area contributed by atoms with E-state index in [9.17, 15) is 4.79 Å². The van der Waals surface area contributed by atoms with E-state index in [2.05, 4.69) is 34.7 Å². The highest BCUT2D eigenvalue weighted by molar-refractivity contribution is 5.67. The summed E-state index contributed by atoms with van der Waals surface area (Å²) >= 11 is 0. The van der Waals surface area contributed by atoms with E-state index in [1.54, 1.807) is 0 Å². The van der Waals surface area contributed by atoms with Gasteiger partial charge in [0, 0.05) is 30.4 Å². The molecule has 0 aliphatic rings. The van der Waals surface area contributed by atoms with Crippen LogP contribution < -0.4 is 10.6 Å². The predicted octanol–water partition coefficient (Wildman–Crippen LogP) is 2.36. The molecular formula is C15H28N4O2. The molecule has 1 atom stereocenters. The fourth-order valence-electron chi connectivity index (χ4n) is 1.85. The molecule has 0 aliphatic heterocycles. The van der Waals surface area contributed by atoms with Crippen LogP contribution in [0.4, 0.5) is 4.79 Å². The lowest BCUT2D eigenvalue weighted by Crippen LogP contribution is -2.45. The SMILES string of the molecule is Cc1[nH]ncc1CNC(CNC(=O)OC(C)(C)C)C(C)C. The number of carbonyl (C=O) groups excluding carboxylic acids is 1. The first-order valence-electron chi connectivity index (χ1n) is 7.38. The van der Waals surface area contributed by atoms with Crippen molar-refractivity contribution in [3.8, 4) is 0 Å². The minimum absolute atomic E-state index is 0.173. The topological polar surface area (TPSA) is 79.0 Å². The molecular weight excluding hydrogens is 268 g/mol. The smallest absolute Gasteiger partial charge is 0.407 e. The number of nitrogens with zero attached hydrogens (tertiary/aromatic N) is 1. The summed E-state index contributed by atoms with van der Waals surface area (Å²) in [5, 5.41) is 13.2. The van der Waals surface area contributed by atoms with Crippen LogP contribution in [0.2, 0.25) is 0 Å². The number of carbonyl (C=O) groups is 1. The quantitative estimate of drug-likeness (QED) is 0.753. The van der Waals surface area contributed by atoms with Crippen LogP contribution in [0.3, 0.4) is 0 Å². The Kier molecular flexibility index (Phi) is 6.20. The first kappa shape index (κ1) is 17.5. The van der Waals surface area contributed by atoms with Crippen molar-refractivity contribution >= 4 is 6.09 Å². The molecule has 1 unspecified atom stereocenters. The van der Waals surface area contributed by atoms with Crippen molar-refractivity contribution in [1.82, 2.24) is 20.8 Å². The zero-order valence-electron chi connectivity index (χ0n) is 13.9. The Balaban J connectivity index is 2.43. The Hall–Kier alpha value is -1.56. The summed E-state index contributed by atoms with van der Waals surface area (Å²) in [5.41, 5.74) is 1.72. The molecule has 0 radical (unpaired) electrons. The number of aryl methyl sites for hydroxylation is 1. The third-order valence-corrected chi connectivity index (χ3v) is 3.16. The number of amides is 1. The van der Waals surface area contributed by atoms with Gasteiger partial charge in [0.15, 0.2) is 0 Å². The van der Waals surface area contributed by atoms with Gasteiger partial charge >= 0.3 is 6.09 Å². The van der Waals surface area contributed by atoms with Crippen molar-refractivity contribution in [2.24, 2.45) is 5.92 Å². The fraction of sp³-hybridized carbons (Fsp3) is 0.733. The molecule has 1 rings (SSSR count). The van der Waals surface area contributed by atoms with Crippen molar-refractivity contribution in [3.63, 3.8) is 0 Å². The Morgan fingerprint density at radius 3 is 2.57 bits per heavy atom. The van der Waals surface area contributed by atoms with Crippen LogP contribution in [0.15, 0.2) is 6.20 Å². The molecule has 3 N–H and O–H groups in total. The van der Waals surface area contributed by atoms with E-state index in [-0.39, 0.29) is 12.1 Å². The van der Waals surface area contributed by atoms with Crippen LogP contribution in [0, 0.1) is 12.8 Å². The maximum atomic E-state index is 11.7. The lowest BCUT2D eigenvalue weighted by molar-refractivity contribution is 0.0519. The number of hydrogen-bond donors (Lipinski definition) is 3. The predicted molar refractivity (Wildman–Crippen MR) is 83.0 cm³/mol. The summed E-state index contributed by atoms with van der Waals surface area (Å²) in [5.74, 6) is 0.396. The van der Waals surface area contributed by atoms with Crippen molar-refractivity contribution in [2.45, 2.75) is 59.7 Å². The summed E-state index contributed by atoms with van der Waals surface area (Å²) in [7, 11) is 0. The maximum absolute atomic E-state index is 11.7. The molecule has 1 aromatic rings. The van der Waals surface area contributed by atoms with Crippen molar-refractivity contribution in [1.29, 1.82) is 0 Å². The summed E-state index contributed by atoms with van der Waals surface area (Å²) in [4.78, 5) is 11.7. The number of aromatic amines is 1. The molecule has 21 heavy (non-hydrogen) atoms. The van der Waals surface area contributed by atoms with Crippen LogP contribution in [-0.4, -0.2) is 34.5 Å². The summed E-state index contributed by atoms with van der Waals surface area (Å²) in [6.45, 7) is 13.1. The number of alkyl carbamates (subject to hydrolysis) is 1. The second-order valence-corrected chi connectivity index (χ2v) is 6.63. The van der Waals surface area contributed by atoms with E-state index in [4.69, 9.17) is 4.74 Å². The maximum Gasteiger partial charge on any atom is 0.407 e. The second-order valence-electron chi connectivity index (χ2n) is 6.63. The molecule has 0 saturated carbocycles. The van der Waals surface area contributed by atoms with E-state index >= 15 is 0 Å². The number of rotatable bonds is 6. The number of nitrogens with one attached hydrogen (secondary N) is 3. The first-order chi connectivity index (χ1) is 9.69. The minimum Gasteiger partial charge on any atom is -0.444 e. The van der Waals surface area contributed by atoms with Crippen LogP contribution in [-0.2, 0) is 11.3 Å². The average Bonchev–Trinajstić information content (AvgIpc) is 2.72. The molecule has 1 aromatic heterocycles. The highest BCUT2D eigenvalue weighted by Gasteiger charge is 2.19. The third kappa shape index (κ3) is 6.62. The van der Waals surface area contributed by atoms with Gasteiger partial charge in [-0.15, -0.1) is 0 Å². The van der Waals surface area contributed by atoms with Gasteiger partial charge in [-0.3, -0.25) is 5.10 Å². The van der Waals surface area contributed by atoms with E-state index in [0.717, 1.165) is 17.8 Å². The van der Waals surface area contributed by atoms with Gasteiger partial charge in [0.1, 0.15) is 5.60 Å². The van der Waals surface area contributed by atoms with Crippen LogP contribution in [0.25, 0.3) is 0 Å². The Labute approximate surface area is 127 Å². The first-order valence-corrected chi connectivity index (χ1v) is 7.38.